The minimum absolute atomic E-state index is 0.0830. The highest BCUT2D eigenvalue weighted by atomic mass is 16.5. The van der Waals surface area contributed by atoms with Crippen LogP contribution in [0, 0.1) is 0 Å². The SMILES string of the molecule is COc1ccc(C2(C(=O)Nc3ccc(OC4CCCC4)cc3)CCCC2)cc1. The number of nitrogens with one attached hydrogen (secondary N) is 1. The van der Waals surface area contributed by atoms with E-state index in [9.17, 15) is 4.79 Å². The summed E-state index contributed by atoms with van der Waals surface area (Å²) in [5, 5.41) is 3.15. The lowest BCUT2D eigenvalue weighted by atomic mass is 9.78. The van der Waals surface area contributed by atoms with Crippen LogP contribution >= 0.6 is 0 Å². The number of amides is 1. The first-order valence-electron chi connectivity index (χ1n) is 10.4. The average molecular weight is 380 g/mol. The Bertz CT molecular complexity index is 786. The van der Waals surface area contributed by atoms with Crippen LogP contribution in [0.2, 0.25) is 0 Å². The van der Waals surface area contributed by atoms with Gasteiger partial charge in [0.25, 0.3) is 0 Å². The molecule has 0 spiro atoms. The van der Waals surface area contributed by atoms with Crippen molar-refractivity contribution >= 4 is 11.6 Å². The topological polar surface area (TPSA) is 47.6 Å². The highest BCUT2D eigenvalue weighted by Gasteiger charge is 2.42. The Balaban J connectivity index is 1.47. The smallest absolute Gasteiger partial charge is 0.235 e. The normalized spacial score (nSPS) is 18.8. The fraction of sp³-hybridized carbons (Fsp3) is 0.458. The van der Waals surface area contributed by atoms with Crippen LogP contribution in [-0.2, 0) is 10.2 Å². The number of rotatable bonds is 6. The number of hydrogen-bond donors (Lipinski definition) is 1. The summed E-state index contributed by atoms with van der Waals surface area (Å²) in [4.78, 5) is 13.3. The molecule has 0 aliphatic heterocycles. The first-order valence-corrected chi connectivity index (χ1v) is 10.4. The van der Waals surface area contributed by atoms with E-state index in [2.05, 4.69) is 5.32 Å². The van der Waals surface area contributed by atoms with Crippen LogP contribution in [0.4, 0.5) is 5.69 Å². The predicted molar refractivity (Wildman–Crippen MR) is 111 cm³/mol. The highest BCUT2D eigenvalue weighted by Crippen LogP contribution is 2.42. The Morgan fingerprint density at radius 1 is 0.893 bits per heavy atom. The van der Waals surface area contributed by atoms with Crippen molar-refractivity contribution in [2.75, 3.05) is 12.4 Å². The van der Waals surface area contributed by atoms with E-state index in [0.29, 0.717) is 6.10 Å². The van der Waals surface area contributed by atoms with Crippen molar-refractivity contribution in [2.45, 2.75) is 62.9 Å². The zero-order valence-electron chi connectivity index (χ0n) is 16.6. The van der Waals surface area contributed by atoms with Gasteiger partial charge in [0.1, 0.15) is 11.5 Å². The molecule has 4 rings (SSSR count). The van der Waals surface area contributed by atoms with Crippen molar-refractivity contribution < 1.29 is 14.3 Å². The summed E-state index contributed by atoms with van der Waals surface area (Å²) in [5.74, 6) is 1.78. The van der Waals surface area contributed by atoms with E-state index < -0.39 is 5.41 Å². The molecule has 2 aromatic rings. The summed E-state index contributed by atoms with van der Waals surface area (Å²) >= 11 is 0. The van der Waals surface area contributed by atoms with Crippen LogP contribution in [0.25, 0.3) is 0 Å². The van der Waals surface area contributed by atoms with Gasteiger partial charge in [-0.05, 0) is 80.5 Å². The number of hydrogen-bond acceptors (Lipinski definition) is 3. The minimum Gasteiger partial charge on any atom is -0.497 e. The van der Waals surface area contributed by atoms with E-state index in [0.717, 1.165) is 61.3 Å². The molecule has 2 fully saturated rings. The molecule has 28 heavy (non-hydrogen) atoms. The van der Waals surface area contributed by atoms with E-state index in [-0.39, 0.29) is 5.91 Å². The summed E-state index contributed by atoms with van der Waals surface area (Å²) in [7, 11) is 1.66. The molecule has 1 N–H and O–H groups in total. The third kappa shape index (κ3) is 3.87. The summed E-state index contributed by atoms with van der Waals surface area (Å²) in [6, 6.07) is 15.8. The van der Waals surface area contributed by atoms with E-state index in [1.807, 2.05) is 48.5 Å². The Kier molecular flexibility index (Phi) is 5.56. The van der Waals surface area contributed by atoms with E-state index >= 15 is 0 Å². The molecular formula is C24H29NO3. The number of methoxy groups -OCH3 is 1. The van der Waals surface area contributed by atoms with Gasteiger partial charge in [0, 0.05) is 5.69 Å². The maximum absolute atomic E-state index is 13.3. The maximum atomic E-state index is 13.3. The van der Waals surface area contributed by atoms with Crippen molar-refractivity contribution in [3.63, 3.8) is 0 Å². The molecule has 148 valence electrons. The van der Waals surface area contributed by atoms with Gasteiger partial charge in [-0.15, -0.1) is 0 Å². The molecule has 2 aromatic carbocycles. The highest BCUT2D eigenvalue weighted by molar-refractivity contribution is 5.99. The molecule has 0 unspecified atom stereocenters. The average Bonchev–Trinajstić information content (AvgIpc) is 3.42. The van der Waals surface area contributed by atoms with Crippen molar-refractivity contribution in [1.82, 2.24) is 0 Å². The lowest BCUT2D eigenvalue weighted by molar-refractivity contribution is -0.121. The van der Waals surface area contributed by atoms with Gasteiger partial charge in [0.2, 0.25) is 5.91 Å². The lowest BCUT2D eigenvalue weighted by Crippen LogP contribution is -2.37. The van der Waals surface area contributed by atoms with Crippen molar-refractivity contribution in [2.24, 2.45) is 0 Å². The van der Waals surface area contributed by atoms with Gasteiger partial charge in [0.05, 0.1) is 18.6 Å². The quantitative estimate of drug-likeness (QED) is 0.724. The zero-order valence-corrected chi connectivity index (χ0v) is 16.6. The summed E-state index contributed by atoms with van der Waals surface area (Å²) < 4.78 is 11.3. The second-order valence-corrected chi connectivity index (χ2v) is 8.02. The van der Waals surface area contributed by atoms with Crippen molar-refractivity contribution in [3.8, 4) is 11.5 Å². The molecule has 4 nitrogen and oxygen atoms in total. The second kappa shape index (κ2) is 8.26. The monoisotopic (exact) mass is 379 g/mol. The molecular weight excluding hydrogens is 350 g/mol. The van der Waals surface area contributed by atoms with Gasteiger partial charge in [0.15, 0.2) is 0 Å². The molecule has 2 aliphatic carbocycles. The van der Waals surface area contributed by atoms with Crippen LogP contribution in [0.15, 0.2) is 48.5 Å². The summed E-state index contributed by atoms with van der Waals surface area (Å²) in [5.41, 5.74) is 1.44. The molecule has 0 aromatic heterocycles. The second-order valence-electron chi connectivity index (χ2n) is 8.02. The van der Waals surface area contributed by atoms with Gasteiger partial charge in [-0.2, -0.15) is 0 Å². The van der Waals surface area contributed by atoms with Crippen molar-refractivity contribution in [3.05, 3.63) is 54.1 Å². The summed E-state index contributed by atoms with van der Waals surface area (Å²) in [6.07, 6.45) is 9.06. The lowest BCUT2D eigenvalue weighted by Gasteiger charge is -2.28. The molecule has 0 atom stereocenters. The Morgan fingerprint density at radius 3 is 2.11 bits per heavy atom. The third-order valence-electron chi connectivity index (χ3n) is 6.25. The number of benzene rings is 2. The van der Waals surface area contributed by atoms with E-state index in [1.165, 1.54) is 12.8 Å². The first-order chi connectivity index (χ1) is 13.7. The molecule has 4 heteroatoms. The van der Waals surface area contributed by atoms with Gasteiger partial charge >= 0.3 is 0 Å². The van der Waals surface area contributed by atoms with Crippen LogP contribution in [-0.4, -0.2) is 19.1 Å². The van der Waals surface area contributed by atoms with Gasteiger partial charge < -0.3 is 14.8 Å². The predicted octanol–water partition coefficient (Wildman–Crippen LogP) is 5.47. The van der Waals surface area contributed by atoms with Crippen LogP contribution in [0.5, 0.6) is 11.5 Å². The summed E-state index contributed by atoms with van der Waals surface area (Å²) in [6.45, 7) is 0. The Morgan fingerprint density at radius 2 is 1.50 bits per heavy atom. The third-order valence-corrected chi connectivity index (χ3v) is 6.25. The van der Waals surface area contributed by atoms with Crippen molar-refractivity contribution in [1.29, 1.82) is 0 Å². The molecule has 2 saturated carbocycles. The molecule has 2 aliphatic rings. The Labute approximate surface area is 167 Å². The minimum atomic E-state index is -0.453. The number of carbonyl (C=O) groups is 1. The number of anilines is 1. The molecule has 0 radical (unpaired) electrons. The molecule has 0 heterocycles. The van der Waals surface area contributed by atoms with E-state index in [4.69, 9.17) is 9.47 Å². The number of ether oxygens (including phenoxy) is 2. The fourth-order valence-electron chi connectivity index (χ4n) is 4.60. The van der Waals surface area contributed by atoms with Crippen LogP contribution in [0.1, 0.15) is 56.9 Å². The van der Waals surface area contributed by atoms with Gasteiger partial charge in [-0.1, -0.05) is 25.0 Å². The largest absolute Gasteiger partial charge is 0.497 e. The molecule has 0 saturated heterocycles. The maximum Gasteiger partial charge on any atom is 0.235 e. The van der Waals surface area contributed by atoms with Gasteiger partial charge in [-0.25, -0.2) is 0 Å². The van der Waals surface area contributed by atoms with Crippen LogP contribution in [0.3, 0.4) is 0 Å². The standard InChI is InChI=1S/C24H29NO3/c1-27-20-12-8-18(9-13-20)24(16-4-5-17-24)23(26)25-19-10-14-22(15-11-19)28-21-6-2-3-7-21/h8-15,21H,2-7,16-17H2,1H3,(H,25,26). The molecule has 1 amide bonds. The Hall–Kier alpha value is -2.49. The fourth-order valence-corrected chi connectivity index (χ4v) is 4.60. The van der Waals surface area contributed by atoms with E-state index in [1.54, 1.807) is 7.11 Å². The van der Waals surface area contributed by atoms with Gasteiger partial charge in [-0.3, -0.25) is 4.79 Å². The van der Waals surface area contributed by atoms with Crippen LogP contribution < -0.4 is 14.8 Å². The first kappa shape index (κ1) is 18.9. The zero-order chi connectivity index (χ0) is 19.4. The number of carbonyl (C=O) groups excluding carboxylic acids is 1. The molecule has 0 bridgehead atoms.